The Labute approximate surface area is 112 Å². The van der Waals surface area contributed by atoms with Gasteiger partial charge in [-0.3, -0.25) is 4.98 Å². The Bertz CT molecular complexity index is 528. The SMILES string of the molecule is CN(C1CCCNCC1)S(=O)(=O)c1cncc(F)c1. The van der Waals surface area contributed by atoms with Crippen molar-refractivity contribution in [2.24, 2.45) is 0 Å². The average molecular weight is 287 g/mol. The molecule has 1 unspecified atom stereocenters. The zero-order chi connectivity index (χ0) is 13.9. The van der Waals surface area contributed by atoms with Crippen LogP contribution in [0, 0.1) is 5.82 Å². The zero-order valence-corrected chi connectivity index (χ0v) is 11.7. The summed E-state index contributed by atoms with van der Waals surface area (Å²) in [5.41, 5.74) is 0. The second kappa shape index (κ2) is 5.94. The first-order valence-electron chi connectivity index (χ1n) is 6.31. The quantitative estimate of drug-likeness (QED) is 0.900. The number of rotatable bonds is 3. The number of nitrogens with one attached hydrogen (secondary N) is 1. The van der Waals surface area contributed by atoms with Crippen molar-refractivity contribution in [2.75, 3.05) is 20.1 Å². The van der Waals surface area contributed by atoms with Gasteiger partial charge in [0.25, 0.3) is 0 Å². The zero-order valence-electron chi connectivity index (χ0n) is 10.8. The van der Waals surface area contributed by atoms with Gasteiger partial charge >= 0.3 is 0 Å². The fourth-order valence-corrected chi connectivity index (χ4v) is 3.65. The molecule has 0 radical (unpaired) electrons. The molecule has 0 bridgehead atoms. The number of halogens is 1. The molecule has 1 aromatic rings. The van der Waals surface area contributed by atoms with Crippen LogP contribution in [0.25, 0.3) is 0 Å². The van der Waals surface area contributed by atoms with Crippen molar-refractivity contribution in [1.29, 1.82) is 0 Å². The Hall–Kier alpha value is -1.05. The summed E-state index contributed by atoms with van der Waals surface area (Å²) in [6, 6.07) is 0.955. The van der Waals surface area contributed by atoms with Gasteiger partial charge in [-0.05, 0) is 38.4 Å². The molecule has 0 amide bonds. The molecular formula is C12H18FN3O2S. The number of hydrogen-bond acceptors (Lipinski definition) is 4. The first-order valence-corrected chi connectivity index (χ1v) is 7.75. The Morgan fingerprint density at radius 1 is 1.37 bits per heavy atom. The molecule has 1 aromatic heterocycles. The molecule has 5 nitrogen and oxygen atoms in total. The maximum Gasteiger partial charge on any atom is 0.244 e. The first-order chi connectivity index (χ1) is 9.01. The van der Waals surface area contributed by atoms with Crippen molar-refractivity contribution in [2.45, 2.75) is 30.2 Å². The van der Waals surface area contributed by atoms with E-state index in [4.69, 9.17) is 0 Å². The van der Waals surface area contributed by atoms with E-state index in [0.717, 1.165) is 44.6 Å². The molecule has 0 saturated carbocycles. The van der Waals surface area contributed by atoms with Crippen LogP contribution in [0.4, 0.5) is 4.39 Å². The normalized spacial score (nSPS) is 21.3. The second-order valence-electron chi connectivity index (χ2n) is 4.69. The number of sulfonamides is 1. The monoisotopic (exact) mass is 287 g/mol. The highest BCUT2D eigenvalue weighted by Crippen LogP contribution is 2.21. The molecule has 7 heteroatoms. The summed E-state index contributed by atoms with van der Waals surface area (Å²) in [5, 5.41) is 3.24. The van der Waals surface area contributed by atoms with Crippen LogP contribution < -0.4 is 5.32 Å². The van der Waals surface area contributed by atoms with E-state index >= 15 is 0 Å². The molecule has 2 rings (SSSR count). The lowest BCUT2D eigenvalue weighted by Gasteiger charge is -2.26. The highest BCUT2D eigenvalue weighted by Gasteiger charge is 2.28. The molecular weight excluding hydrogens is 269 g/mol. The van der Waals surface area contributed by atoms with Gasteiger partial charge in [0.15, 0.2) is 0 Å². The lowest BCUT2D eigenvalue weighted by atomic mass is 10.1. The van der Waals surface area contributed by atoms with Crippen molar-refractivity contribution in [3.05, 3.63) is 24.3 Å². The molecule has 1 atom stereocenters. The molecule has 0 aliphatic carbocycles. The fourth-order valence-electron chi connectivity index (χ4n) is 2.26. The molecule has 1 aliphatic rings. The van der Waals surface area contributed by atoms with Gasteiger partial charge in [-0.2, -0.15) is 4.31 Å². The van der Waals surface area contributed by atoms with Crippen LogP contribution in [-0.4, -0.2) is 43.9 Å². The third-order valence-corrected chi connectivity index (χ3v) is 5.29. The summed E-state index contributed by atoms with van der Waals surface area (Å²) in [4.78, 5) is 3.51. The van der Waals surface area contributed by atoms with Crippen molar-refractivity contribution >= 4 is 10.0 Å². The lowest BCUT2D eigenvalue weighted by molar-refractivity contribution is 0.341. The smallest absolute Gasteiger partial charge is 0.244 e. The van der Waals surface area contributed by atoms with Crippen LogP contribution in [0.2, 0.25) is 0 Å². The highest BCUT2D eigenvalue weighted by atomic mass is 32.2. The van der Waals surface area contributed by atoms with Gasteiger partial charge in [-0.15, -0.1) is 0 Å². The van der Waals surface area contributed by atoms with E-state index < -0.39 is 15.8 Å². The van der Waals surface area contributed by atoms with Crippen LogP contribution >= 0.6 is 0 Å². The minimum absolute atomic E-state index is 0.0525. The van der Waals surface area contributed by atoms with Crippen molar-refractivity contribution in [3.63, 3.8) is 0 Å². The summed E-state index contributed by atoms with van der Waals surface area (Å²) in [5.74, 6) is -0.642. The second-order valence-corrected chi connectivity index (χ2v) is 6.69. The predicted octanol–water partition coefficient (Wildman–Crippen LogP) is 0.983. The van der Waals surface area contributed by atoms with Gasteiger partial charge < -0.3 is 5.32 Å². The number of nitrogens with zero attached hydrogens (tertiary/aromatic N) is 2. The van der Waals surface area contributed by atoms with Crippen LogP contribution in [0.5, 0.6) is 0 Å². The average Bonchev–Trinajstić information content (AvgIpc) is 2.66. The van der Waals surface area contributed by atoms with E-state index in [9.17, 15) is 12.8 Å². The van der Waals surface area contributed by atoms with Crippen molar-refractivity contribution < 1.29 is 12.8 Å². The molecule has 0 spiro atoms. The van der Waals surface area contributed by atoms with Gasteiger partial charge in [-0.25, -0.2) is 12.8 Å². The highest BCUT2D eigenvalue weighted by molar-refractivity contribution is 7.89. The molecule has 106 valence electrons. The molecule has 19 heavy (non-hydrogen) atoms. The number of aromatic nitrogens is 1. The summed E-state index contributed by atoms with van der Waals surface area (Å²) in [6.07, 6.45) is 4.69. The van der Waals surface area contributed by atoms with E-state index in [1.165, 1.54) is 10.5 Å². The van der Waals surface area contributed by atoms with Crippen LogP contribution in [0.1, 0.15) is 19.3 Å². The molecule has 2 heterocycles. The van der Waals surface area contributed by atoms with Gasteiger partial charge in [-0.1, -0.05) is 0 Å². The minimum Gasteiger partial charge on any atom is -0.317 e. The topological polar surface area (TPSA) is 62.3 Å². The van der Waals surface area contributed by atoms with Gasteiger partial charge in [0.2, 0.25) is 10.0 Å². The molecule has 1 N–H and O–H groups in total. The molecule has 0 aromatic carbocycles. The molecule has 1 fully saturated rings. The van der Waals surface area contributed by atoms with E-state index in [2.05, 4.69) is 10.3 Å². The third kappa shape index (κ3) is 3.29. The molecule has 1 aliphatic heterocycles. The standard InChI is InChI=1S/C12H18FN3O2S/c1-16(11-3-2-5-14-6-4-11)19(17,18)12-7-10(13)8-15-9-12/h7-9,11,14H,2-6H2,1H3. The first kappa shape index (κ1) is 14.4. The van der Waals surface area contributed by atoms with Crippen LogP contribution in [0.15, 0.2) is 23.4 Å². The Morgan fingerprint density at radius 2 is 2.16 bits per heavy atom. The Kier molecular flexibility index (Phi) is 4.49. The summed E-state index contributed by atoms with van der Waals surface area (Å²) >= 11 is 0. The van der Waals surface area contributed by atoms with E-state index in [1.54, 1.807) is 7.05 Å². The fraction of sp³-hybridized carbons (Fsp3) is 0.583. The van der Waals surface area contributed by atoms with Gasteiger partial charge in [0.05, 0.1) is 6.20 Å². The maximum absolute atomic E-state index is 13.1. The number of hydrogen-bond donors (Lipinski definition) is 1. The Morgan fingerprint density at radius 3 is 2.89 bits per heavy atom. The minimum atomic E-state index is -3.67. The predicted molar refractivity (Wildman–Crippen MR) is 69.7 cm³/mol. The largest absolute Gasteiger partial charge is 0.317 e. The summed E-state index contributed by atoms with van der Waals surface area (Å²) < 4.78 is 39.2. The van der Waals surface area contributed by atoms with Crippen molar-refractivity contribution in [3.8, 4) is 0 Å². The van der Waals surface area contributed by atoms with Crippen molar-refractivity contribution in [1.82, 2.24) is 14.6 Å². The lowest BCUT2D eigenvalue weighted by Crippen LogP contribution is -2.37. The summed E-state index contributed by atoms with van der Waals surface area (Å²) in [6.45, 7) is 1.71. The van der Waals surface area contributed by atoms with E-state index in [-0.39, 0.29) is 10.9 Å². The van der Waals surface area contributed by atoms with E-state index in [0.29, 0.717) is 0 Å². The maximum atomic E-state index is 13.1. The van der Waals surface area contributed by atoms with Gasteiger partial charge in [0.1, 0.15) is 10.7 Å². The molecule has 1 saturated heterocycles. The van der Waals surface area contributed by atoms with Crippen LogP contribution in [-0.2, 0) is 10.0 Å². The number of pyridine rings is 1. The van der Waals surface area contributed by atoms with Crippen LogP contribution in [0.3, 0.4) is 0 Å². The van der Waals surface area contributed by atoms with Gasteiger partial charge in [0, 0.05) is 19.3 Å². The van der Waals surface area contributed by atoms with E-state index in [1.807, 2.05) is 0 Å². The Balaban J connectivity index is 2.23. The summed E-state index contributed by atoms with van der Waals surface area (Å²) in [7, 11) is -2.12. The third-order valence-electron chi connectivity index (χ3n) is 3.42.